The van der Waals surface area contributed by atoms with E-state index in [-0.39, 0.29) is 23.6 Å². The molecule has 2 amide bonds. The molecule has 0 saturated carbocycles. The fourth-order valence-corrected chi connectivity index (χ4v) is 3.90. The smallest absolute Gasteiger partial charge is 0.253 e. The van der Waals surface area contributed by atoms with Crippen molar-refractivity contribution in [1.82, 2.24) is 25.1 Å². The van der Waals surface area contributed by atoms with Gasteiger partial charge in [-0.05, 0) is 54.6 Å². The number of carbonyl (C=O) groups excluding carboxylic acids is 2. The number of rotatable bonds is 7. The lowest BCUT2D eigenvalue weighted by molar-refractivity contribution is -0.116. The molecular weight excluding hydrogens is 489 g/mol. The summed E-state index contributed by atoms with van der Waals surface area (Å²) < 4.78 is 21.5. The maximum Gasteiger partial charge on any atom is 0.253 e. The Bertz CT molecular complexity index is 1640. The van der Waals surface area contributed by atoms with Gasteiger partial charge in [0.1, 0.15) is 41.7 Å². The van der Waals surface area contributed by atoms with Crippen LogP contribution in [0.4, 0.5) is 15.9 Å². The average Bonchev–Trinajstić information content (AvgIpc) is 3.28. The van der Waals surface area contributed by atoms with Gasteiger partial charge in [-0.15, -0.1) is 0 Å². The zero-order valence-electron chi connectivity index (χ0n) is 20.2. The minimum atomic E-state index is -0.755. The summed E-state index contributed by atoms with van der Waals surface area (Å²) in [6, 6.07) is 20.5. The quantitative estimate of drug-likeness (QED) is 0.300. The molecule has 0 radical (unpaired) electrons. The van der Waals surface area contributed by atoms with Gasteiger partial charge in [0.25, 0.3) is 5.91 Å². The van der Waals surface area contributed by atoms with E-state index in [1.54, 1.807) is 12.1 Å². The van der Waals surface area contributed by atoms with Gasteiger partial charge in [-0.3, -0.25) is 9.59 Å². The highest BCUT2D eigenvalue weighted by atomic mass is 19.1. The molecule has 0 atom stereocenters. The van der Waals surface area contributed by atoms with E-state index in [1.807, 2.05) is 42.5 Å². The van der Waals surface area contributed by atoms with E-state index >= 15 is 0 Å². The Morgan fingerprint density at radius 3 is 2.45 bits per heavy atom. The molecule has 38 heavy (non-hydrogen) atoms. The molecule has 0 aliphatic carbocycles. The molecule has 5 aromatic rings. The van der Waals surface area contributed by atoms with Gasteiger partial charge in [-0.25, -0.2) is 19.0 Å². The molecule has 2 heterocycles. The minimum absolute atomic E-state index is 0.124. The van der Waals surface area contributed by atoms with Crippen molar-refractivity contribution < 1.29 is 18.7 Å². The molecule has 10 nitrogen and oxygen atoms in total. The molecule has 0 aliphatic heterocycles. The molecule has 0 spiro atoms. The summed E-state index contributed by atoms with van der Waals surface area (Å²) in [6.07, 6.45) is 1.29. The number of halogens is 1. The van der Waals surface area contributed by atoms with Crippen LogP contribution in [0.15, 0.2) is 79.1 Å². The lowest BCUT2D eigenvalue weighted by atomic mass is 10.1. The number of nitrogens with two attached hydrogens (primary N) is 1. The number of fused-ring (bicyclic) bond motifs is 1. The first-order valence-corrected chi connectivity index (χ1v) is 11.5. The Labute approximate surface area is 216 Å². The van der Waals surface area contributed by atoms with Crippen LogP contribution in [-0.2, 0) is 11.3 Å². The Balaban J connectivity index is 1.39. The summed E-state index contributed by atoms with van der Waals surface area (Å²) in [6.45, 7) is -0.221. The highest BCUT2D eigenvalue weighted by Crippen LogP contribution is 2.32. The van der Waals surface area contributed by atoms with Crippen LogP contribution in [0.1, 0.15) is 10.4 Å². The minimum Gasteiger partial charge on any atom is -0.457 e. The third kappa shape index (κ3) is 4.98. The number of carbonyl (C=O) groups is 2. The largest absolute Gasteiger partial charge is 0.457 e. The second-order valence-corrected chi connectivity index (χ2v) is 8.23. The van der Waals surface area contributed by atoms with Gasteiger partial charge in [-0.1, -0.05) is 18.2 Å². The highest BCUT2D eigenvalue weighted by molar-refractivity contribution is 6.00. The lowest BCUT2D eigenvalue weighted by Gasteiger charge is -2.08. The summed E-state index contributed by atoms with van der Waals surface area (Å²) in [4.78, 5) is 32.9. The number of anilines is 2. The van der Waals surface area contributed by atoms with Crippen molar-refractivity contribution in [3.8, 4) is 22.8 Å². The van der Waals surface area contributed by atoms with Gasteiger partial charge < -0.3 is 21.1 Å². The monoisotopic (exact) mass is 511 g/mol. The number of ether oxygens (including phenoxy) is 1. The molecule has 0 unspecified atom stereocenters. The predicted octanol–water partition coefficient (Wildman–Crippen LogP) is 4.01. The number of hydrogen-bond acceptors (Lipinski definition) is 7. The maximum atomic E-state index is 14.3. The first-order valence-electron chi connectivity index (χ1n) is 11.5. The number of benzene rings is 3. The predicted molar refractivity (Wildman–Crippen MR) is 140 cm³/mol. The first kappa shape index (κ1) is 24.4. The lowest BCUT2D eigenvalue weighted by Crippen LogP contribution is -2.21. The molecule has 5 rings (SSSR count). The second kappa shape index (κ2) is 10.3. The first-order chi connectivity index (χ1) is 18.4. The number of amides is 2. The summed E-state index contributed by atoms with van der Waals surface area (Å²) in [5.41, 5.74) is 7.82. The molecule has 2 aromatic heterocycles. The van der Waals surface area contributed by atoms with Crippen molar-refractivity contribution in [2.75, 3.05) is 18.1 Å². The normalized spacial score (nSPS) is 10.8. The number of hydrogen-bond donors (Lipinski definition) is 3. The van der Waals surface area contributed by atoms with Crippen molar-refractivity contribution >= 4 is 34.4 Å². The van der Waals surface area contributed by atoms with Crippen LogP contribution < -0.4 is 21.1 Å². The molecule has 190 valence electrons. The van der Waals surface area contributed by atoms with Gasteiger partial charge in [-0.2, -0.15) is 5.10 Å². The van der Waals surface area contributed by atoms with Crippen molar-refractivity contribution in [3.63, 3.8) is 0 Å². The fourth-order valence-electron chi connectivity index (χ4n) is 3.90. The number of nitrogens with one attached hydrogen (secondary N) is 2. The number of nitrogen functional groups attached to an aromatic ring is 1. The van der Waals surface area contributed by atoms with E-state index in [0.717, 1.165) is 11.6 Å². The van der Waals surface area contributed by atoms with Gasteiger partial charge in [0.2, 0.25) is 5.91 Å². The van der Waals surface area contributed by atoms with E-state index in [4.69, 9.17) is 10.5 Å². The fraction of sp³-hybridized carbons (Fsp3) is 0.0741. The van der Waals surface area contributed by atoms with Crippen LogP contribution in [0.2, 0.25) is 0 Å². The van der Waals surface area contributed by atoms with E-state index in [2.05, 4.69) is 25.7 Å². The van der Waals surface area contributed by atoms with E-state index in [1.165, 1.54) is 30.2 Å². The van der Waals surface area contributed by atoms with Crippen LogP contribution in [0.25, 0.3) is 22.3 Å². The Morgan fingerprint density at radius 2 is 1.74 bits per heavy atom. The van der Waals surface area contributed by atoms with E-state index in [9.17, 15) is 14.0 Å². The van der Waals surface area contributed by atoms with Crippen molar-refractivity contribution in [2.24, 2.45) is 0 Å². The van der Waals surface area contributed by atoms with Gasteiger partial charge in [0.15, 0.2) is 5.65 Å². The van der Waals surface area contributed by atoms with Crippen LogP contribution in [0.5, 0.6) is 11.5 Å². The van der Waals surface area contributed by atoms with Crippen LogP contribution in [0, 0.1) is 5.82 Å². The second-order valence-electron chi connectivity index (χ2n) is 8.23. The Kier molecular flexibility index (Phi) is 6.64. The zero-order chi connectivity index (χ0) is 26.6. The van der Waals surface area contributed by atoms with Crippen molar-refractivity contribution in [1.29, 1.82) is 0 Å². The third-order valence-electron chi connectivity index (χ3n) is 5.68. The standard InChI is InChI=1S/C27H22FN7O3/c1-30-27(37)20-12-9-17(13-21(20)28)33-22(36)14-35-26-23(25(29)31-15-32-26)24(34-35)16-7-10-19(11-8-16)38-18-5-3-2-4-6-18/h2-13,15H,14H2,1H3,(H,30,37)(H,33,36)(H2,29,31,32). The third-order valence-corrected chi connectivity index (χ3v) is 5.68. The van der Waals surface area contributed by atoms with Crippen molar-refractivity contribution in [3.05, 3.63) is 90.5 Å². The molecular formula is C27H22FN7O3. The SMILES string of the molecule is CNC(=O)c1ccc(NC(=O)Cn2nc(-c3ccc(Oc4ccccc4)cc3)c3c(N)ncnc32)cc1F. The molecule has 4 N–H and O–H groups in total. The van der Waals surface area contributed by atoms with Crippen LogP contribution in [0.3, 0.4) is 0 Å². The van der Waals surface area contributed by atoms with Crippen LogP contribution in [-0.4, -0.2) is 38.6 Å². The number of para-hydroxylation sites is 1. The van der Waals surface area contributed by atoms with E-state index < -0.39 is 17.6 Å². The van der Waals surface area contributed by atoms with Gasteiger partial charge >= 0.3 is 0 Å². The highest BCUT2D eigenvalue weighted by Gasteiger charge is 2.19. The Hall–Kier alpha value is -5.32. The molecule has 3 aromatic carbocycles. The zero-order valence-corrected chi connectivity index (χ0v) is 20.2. The summed E-state index contributed by atoms with van der Waals surface area (Å²) in [5.74, 6) is -0.226. The average molecular weight is 512 g/mol. The van der Waals surface area contributed by atoms with Crippen LogP contribution >= 0.6 is 0 Å². The summed E-state index contributed by atoms with van der Waals surface area (Å²) in [5, 5.41) is 10.1. The molecule has 11 heteroatoms. The number of aromatic nitrogens is 4. The molecule has 0 fully saturated rings. The summed E-state index contributed by atoms with van der Waals surface area (Å²) >= 11 is 0. The van der Waals surface area contributed by atoms with Gasteiger partial charge in [0, 0.05) is 18.3 Å². The van der Waals surface area contributed by atoms with Crippen molar-refractivity contribution in [2.45, 2.75) is 6.54 Å². The van der Waals surface area contributed by atoms with Gasteiger partial charge in [0.05, 0.1) is 10.9 Å². The topological polar surface area (TPSA) is 137 Å². The molecule has 0 saturated heterocycles. The maximum absolute atomic E-state index is 14.3. The molecule has 0 bridgehead atoms. The Morgan fingerprint density at radius 1 is 1.00 bits per heavy atom. The summed E-state index contributed by atoms with van der Waals surface area (Å²) in [7, 11) is 1.41. The van der Waals surface area contributed by atoms with E-state index in [0.29, 0.717) is 28.2 Å². The number of nitrogens with zero attached hydrogens (tertiary/aromatic N) is 4. The molecule has 0 aliphatic rings.